The fourth-order valence-electron chi connectivity index (χ4n) is 4.92. The summed E-state index contributed by atoms with van der Waals surface area (Å²) in [7, 11) is -1.42. The van der Waals surface area contributed by atoms with Crippen LogP contribution in [0.1, 0.15) is 57.9 Å². The summed E-state index contributed by atoms with van der Waals surface area (Å²) in [6, 6.07) is 14.2. The molecule has 2 aromatic rings. The van der Waals surface area contributed by atoms with Crippen LogP contribution in [0, 0.1) is 0 Å². The second kappa shape index (κ2) is 12.9. The van der Waals surface area contributed by atoms with Crippen molar-refractivity contribution in [2.45, 2.75) is 73.5 Å². The Morgan fingerprint density at radius 3 is 2.28 bits per heavy atom. The van der Waals surface area contributed by atoms with Gasteiger partial charge in [-0.2, -0.15) is 4.31 Å². The smallest absolute Gasteiger partial charge is 0.313 e. The normalized spacial score (nSPS) is 17.9. The molecule has 1 aliphatic heterocycles. The molecule has 1 heterocycles. The maximum Gasteiger partial charge on any atom is 0.313 e. The van der Waals surface area contributed by atoms with Gasteiger partial charge >= 0.3 is 5.97 Å². The lowest BCUT2D eigenvalue weighted by Gasteiger charge is -2.50. The lowest BCUT2D eigenvalue weighted by Crippen LogP contribution is -2.52. The van der Waals surface area contributed by atoms with Gasteiger partial charge in [0.25, 0.3) is 0 Å². The van der Waals surface area contributed by atoms with Crippen molar-refractivity contribution in [3.8, 4) is 0 Å². The second-order valence-electron chi connectivity index (χ2n) is 9.39. The number of unbranched alkanes of at least 4 members (excludes halogenated alkanes) is 2. The molecule has 0 saturated heterocycles. The molecule has 0 unspecified atom stereocenters. The molecule has 9 heteroatoms. The summed E-state index contributed by atoms with van der Waals surface area (Å²) in [5.41, 5.74) is 2.38. The molecule has 0 aliphatic carbocycles. The zero-order chi connectivity index (χ0) is 26.3. The maximum absolute atomic E-state index is 11.9. The molecule has 0 spiro atoms. The van der Waals surface area contributed by atoms with Gasteiger partial charge < -0.3 is 10.0 Å². The molecule has 200 valence electrons. The van der Waals surface area contributed by atoms with Crippen LogP contribution in [0.3, 0.4) is 0 Å². The third kappa shape index (κ3) is 6.37. The molecule has 0 bridgehead atoms. The molecule has 3 N–H and O–H groups in total. The van der Waals surface area contributed by atoms with Crippen LogP contribution in [0.25, 0.3) is 0 Å². The van der Waals surface area contributed by atoms with Crippen LogP contribution in [0.4, 0.5) is 11.4 Å². The van der Waals surface area contributed by atoms with Gasteiger partial charge in [-0.25, -0.2) is 0 Å². The number of para-hydroxylation sites is 1. The predicted molar refractivity (Wildman–Crippen MR) is 156 cm³/mol. The molecule has 0 fully saturated rings. The van der Waals surface area contributed by atoms with E-state index in [-0.39, 0.29) is 5.75 Å². The molecule has 3 rings (SSSR count). The zero-order valence-electron chi connectivity index (χ0n) is 21.8. The van der Waals surface area contributed by atoms with E-state index in [9.17, 15) is 13.9 Å². The first-order valence-electron chi connectivity index (χ1n) is 12.6. The van der Waals surface area contributed by atoms with Crippen LogP contribution in [-0.2, 0) is 10.5 Å². The van der Waals surface area contributed by atoms with Gasteiger partial charge in [-0.15, -0.1) is 34.3 Å². The van der Waals surface area contributed by atoms with Crippen molar-refractivity contribution < 1.29 is 19.0 Å². The van der Waals surface area contributed by atoms with E-state index < -0.39 is 22.3 Å². The fraction of sp³-hybridized carbons (Fsp3) is 0.519. The number of carboxylic acids is 1. The van der Waals surface area contributed by atoms with Crippen LogP contribution in [0.5, 0.6) is 0 Å². The van der Waals surface area contributed by atoms with Crippen molar-refractivity contribution in [3.05, 3.63) is 48.0 Å². The third-order valence-electron chi connectivity index (χ3n) is 6.99. The van der Waals surface area contributed by atoms with E-state index in [1.807, 2.05) is 41.9 Å². The number of carboxylic acid groups (broad SMARTS) is 1. The van der Waals surface area contributed by atoms with Crippen LogP contribution < -0.4 is 4.90 Å². The van der Waals surface area contributed by atoms with E-state index in [1.165, 1.54) is 11.8 Å². The average Bonchev–Trinajstić information content (AvgIpc) is 2.94. The summed E-state index contributed by atoms with van der Waals surface area (Å²) in [4.78, 5) is 14.9. The topological polar surface area (TPSA) is 84.2 Å². The first-order valence-corrected chi connectivity index (χ1v) is 16.4. The summed E-state index contributed by atoms with van der Waals surface area (Å²) in [6.45, 7) is 5.02. The first kappa shape index (κ1) is 29.2. The highest BCUT2D eigenvalue weighted by Crippen LogP contribution is 2.62. The van der Waals surface area contributed by atoms with Gasteiger partial charge in [-0.1, -0.05) is 57.7 Å². The number of fused-ring (bicyclic) bond motifs is 1. The Labute approximate surface area is 226 Å². The summed E-state index contributed by atoms with van der Waals surface area (Å²) < 4.78 is 25.7. The monoisotopic (exact) mass is 552 g/mol. The van der Waals surface area contributed by atoms with Gasteiger partial charge in [0.1, 0.15) is 0 Å². The average molecular weight is 553 g/mol. The number of likely N-dealkylation sites (N-methyl/N-ethyl adjacent to an activating group) is 1. The van der Waals surface area contributed by atoms with Crippen molar-refractivity contribution in [2.75, 3.05) is 30.5 Å². The molecular formula is C27H40N2O4S3. The highest BCUT2D eigenvalue weighted by molar-refractivity contribution is 8.22. The van der Waals surface area contributed by atoms with Gasteiger partial charge in [0, 0.05) is 29.9 Å². The van der Waals surface area contributed by atoms with E-state index in [2.05, 4.69) is 36.9 Å². The Morgan fingerprint density at radius 1 is 1.08 bits per heavy atom. The number of anilines is 2. The van der Waals surface area contributed by atoms with Crippen LogP contribution in [0.2, 0.25) is 0 Å². The number of hydrogen-bond acceptors (Lipinski definition) is 7. The molecule has 0 amide bonds. The summed E-state index contributed by atoms with van der Waals surface area (Å²) in [6.07, 6.45) is 7.87. The van der Waals surface area contributed by atoms with Gasteiger partial charge in [-0.3, -0.25) is 13.9 Å². The Bertz CT molecular complexity index is 1010. The van der Waals surface area contributed by atoms with Crippen molar-refractivity contribution in [1.29, 1.82) is 0 Å². The molecule has 0 atom stereocenters. The fourth-order valence-corrected chi connectivity index (χ4v) is 8.19. The lowest BCUT2D eigenvalue weighted by atomic mass is 9.86. The van der Waals surface area contributed by atoms with Crippen molar-refractivity contribution in [2.24, 2.45) is 0 Å². The molecule has 0 saturated carbocycles. The Kier molecular flexibility index (Phi) is 10.5. The van der Waals surface area contributed by atoms with Gasteiger partial charge in [0.15, 0.2) is 0 Å². The number of nitrogens with zero attached hydrogens (tertiary/aromatic N) is 2. The van der Waals surface area contributed by atoms with E-state index in [1.54, 1.807) is 11.8 Å². The van der Waals surface area contributed by atoms with Crippen LogP contribution >= 0.6 is 34.3 Å². The molecule has 6 nitrogen and oxygen atoms in total. The minimum Gasteiger partial charge on any atom is -0.481 e. The largest absolute Gasteiger partial charge is 0.481 e. The standard InChI is InChI=1S/C27H40N2O4S3/c1-5-7-14-27(15-8-6-2)20-29(22-12-10-9-11-13-22)23-17-24(34-4)21(18-35-19-26(30)31)16-25(23)36(32,33)28(27)3/h9-13,16-17,32-33H,5-8,14-15,18-20H2,1-4H3,(H,30,31). The van der Waals surface area contributed by atoms with E-state index >= 15 is 0 Å². The molecule has 36 heavy (non-hydrogen) atoms. The highest BCUT2D eigenvalue weighted by atomic mass is 32.3. The molecule has 2 aromatic carbocycles. The minimum atomic E-state index is -3.30. The molecule has 0 radical (unpaired) electrons. The predicted octanol–water partition coefficient (Wildman–Crippen LogP) is 7.95. The number of rotatable bonds is 12. The molecule has 1 aliphatic rings. The summed E-state index contributed by atoms with van der Waals surface area (Å²) in [5.74, 6) is -0.345. The van der Waals surface area contributed by atoms with Crippen molar-refractivity contribution in [3.63, 3.8) is 0 Å². The van der Waals surface area contributed by atoms with E-state index in [0.717, 1.165) is 60.4 Å². The molecular weight excluding hydrogens is 513 g/mol. The number of benzene rings is 2. The number of thioether (sulfide) groups is 2. The summed E-state index contributed by atoms with van der Waals surface area (Å²) >= 11 is 2.93. The maximum atomic E-state index is 11.9. The number of hydrogen-bond donors (Lipinski definition) is 3. The Balaban J connectivity index is 2.23. The second-order valence-corrected chi connectivity index (χ2v) is 13.2. The third-order valence-corrected chi connectivity index (χ3v) is 10.8. The Morgan fingerprint density at radius 2 is 1.72 bits per heavy atom. The van der Waals surface area contributed by atoms with Gasteiger partial charge in [0.05, 0.1) is 21.9 Å². The quantitative estimate of drug-likeness (QED) is 0.229. The van der Waals surface area contributed by atoms with Crippen LogP contribution in [-0.4, -0.2) is 55.6 Å². The van der Waals surface area contributed by atoms with E-state index in [0.29, 0.717) is 17.2 Å². The molecule has 0 aromatic heterocycles. The van der Waals surface area contributed by atoms with E-state index in [4.69, 9.17) is 5.11 Å². The van der Waals surface area contributed by atoms with Crippen LogP contribution in [0.15, 0.2) is 52.3 Å². The number of carbonyl (C=O) groups is 1. The lowest BCUT2D eigenvalue weighted by molar-refractivity contribution is -0.133. The van der Waals surface area contributed by atoms with Gasteiger partial charge in [0.2, 0.25) is 0 Å². The highest BCUT2D eigenvalue weighted by Gasteiger charge is 2.46. The van der Waals surface area contributed by atoms with Gasteiger partial charge in [-0.05, 0) is 48.9 Å². The SMILES string of the molecule is CCCCC1(CCCC)CN(c2ccccc2)c2cc(SC)c(CSCC(=O)O)cc2S(O)(O)N1C. The summed E-state index contributed by atoms with van der Waals surface area (Å²) in [5, 5.41) is 9.11. The minimum absolute atomic E-state index is 0.00828. The Hall–Kier alpha value is -1.36. The van der Waals surface area contributed by atoms with Crippen molar-refractivity contribution in [1.82, 2.24) is 4.31 Å². The van der Waals surface area contributed by atoms with Crippen molar-refractivity contribution >= 4 is 51.6 Å². The number of aliphatic carboxylic acids is 1. The zero-order valence-corrected chi connectivity index (χ0v) is 24.2. The first-order chi connectivity index (χ1) is 17.2.